The van der Waals surface area contributed by atoms with Crippen molar-refractivity contribution in [3.8, 4) is 0 Å². The molecule has 0 spiro atoms. The first-order chi connectivity index (χ1) is 18.0. The number of nitrogens with one attached hydrogen (secondary N) is 1. The summed E-state index contributed by atoms with van der Waals surface area (Å²) in [5.41, 5.74) is 5.09. The minimum absolute atomic E-state index is 0.0826. The number of anilines is 1. The third-order valence-corrected chi connectivity index (χ3v) is 7.77. The molecule has 3 aliphatic heterocycles. The summed E-state index contributed by atoms with van der Waals surface area (Å²) >= 11 is 6.22. The third kappa shape index (κ3) is 4.36. The van der Waals surface area contributed by atoms with Gasteiger partial charge in [-0.15, -0.1) is 0 Å². The molecule has 0 aliphatic carbocycles. The molecular weight excluding hydrogens is 482 g/mol. The van der Waals surface area contributed by atoms with Crippen LogP contribution >= 0.6 is 11.6 Å². The van der Waals surface area contributed by atoms with Crippen LogP contribution in [0.4, 0.5) is 5.82 Å². The van der Waals surface area contributed by atoms with E-state index in [1.54, 1.807) is 6.21 Å². The molecule has 1 saturated heterocycles. The van der Waals surface area contributed by atoms with Crippen LogP contribution in [0.25, 0.3) is 10.9 Å². The smallest absolute Gasteiger partial charge is 0.310 e. The van der Waals surface area contributed by atoms with Crippen LogP contribution in [0, 0.1) is 5.92 Å². The molecule has 1 aromatic heterocycles. The Hall–Kier alpha value is -3.77. The Morgan fingerprint density at radius 3 is 2.73 bits per heavy atom. The minimum Gasteiger partial charge on any atom is -0.355 e. The first kappa shape index (κ1) is 23.6. The van der Waals surface area contributed by atoms with E-state index in [2.05, 4.69) is 70.7 Å². The molecule has 1 unspecified atom stereocenters. The molecule has 0 bridgehead atoms. The molecule has 1 N–H and O–H groups in total. The number of amides is 1. The zero-order valence-corrected chi connectivity index (χ0v) is 21.7. The van der Waals surface area contributed by atoms with E-state index in [-0.39, 0.29) is 11.8 Å². The second-order valence-corrected chi connectivity index (χ2v) is 10.2. The number of aliphatic imine (C=N–C) groups is 1. The number of nitrogens with zero attached hydrogens (tertiary/aromatic N) is 4. The number of benzene rings is 2. The van der Waals surface area contributed by atoms with Crippen molar-refractivity contribution in [2.45, 2.75) is 25.8 Å². The molecule has 2 aromatic carbocycles. The number of halogens is 1. The van der Waals surface area contributed by atoms with Crippen LogP contribution in [-0.4, -0.2) is 47.7 Å². The SMILES string of the molecule is CCC1=C(C(=O)NCc2ccc3nc(N4CC(c5ccccc5)C4)ccc3c2)C2C=C(Cl)C=NC2=[N+]1C. The Balaban J connectivity index is 1.13. The van der Waals surface area contributed by atoms with E-state index in [1.807, 2.05) is 29.8 Å². The Morgan fingerprint density at radius 2 is 1.95 bits per heavy atom. The Labute approximate surface area is 221 Å². The number of hydrogen-bond acceptors (Lipinski definition) is 4. The van der Waals surface area contributed by atoms with Crippen LogP contribution in [0.3, 0.4) is 0 Å². The van der Waals surface area contributed by atoms with E-state index in [1.165, 1.54) is 5.56 Å². The number of carbonyl (C=O) groups excluding carboxylic acids is 1. The molecule has 186 valence electrons. The number of amidine groups is 1. The highest BCUT2D eigenvalue weighted by atomic mass is 35.5. The van der Waals surface area contributed by atoms with Gasteiger partial charge < -0.3 is 10.2 Å². The monoisotopic (exact) mass is 510 g/mol. The maximum atomic E-state index is 13.3. The quantitative estimate of drug-likeness (QED) is 0.475. The zero-order valence-electron chi connectivity index (χ0n) is 21.0. The summed E-state index contributed by atoms with van der Waals surface area (Å²) in [6.45, 7) is 4.47. The average Bonchev–Trinajstić information content (AvgIpc) is 3.17. The van der Waals surface area contributed by atoms with Gasteiger partial charge in [-0.25, -0.2) is 9.56 Å². The van der Waals surface area contributed by atoms with Gasteiger partial charge in [-0.3, -0.25) is 4.79 Å². The molecule has 4 heterocycles. The highest BCUT2D eigenvalue weighted by Gasteiger charge is 2.42. The van der Waals surface area contributed by atoms with Gasteiger partial charge in [0.2, 0.25) is 0 Å². The second-order valence-electron chi connectivity index (χ2n) is 9.81. The fraction of sp³-hybridized carbons (Fsp3) is 0.267. The van der Waals surface area contributed by atoms with E-state index in [0.29, 0.717) is 17.5 Å². The summed E-state index contributed by atoms with van der Waals surface area (Å²) in [6, 6.07) is 21.1. The van der Waals surface area contributed by atoms with Crippen LogP contribution in [0.2, 0.25) is 0 Å². The van der Waals surface area contributed by atoms with Crippen molar-refractivity contribution >= 4 is 46.3 Å². The van der Waals surface area contributed by atoms with Crippen molar-refractivity contribution in [3.05, 3.63) is 94.2 Å². The van der Waals surface area contributed by atoms with Crippen LogP contribution in [0.5, 0.6) is 0 Å². The van der Waals surface area contributed by atoms with Crippen molar-refractivity contribution in [3.63, 3.8) is 0 Å². The number of allylic oxidation sites excluding steroid dienone is 2. The van der Waals surface area contributed by atoms with Gasteiger partial charge in [0.1, 0.15) is 17.4 Å². The van der Waals surface area contributed by atoms with E-state index < -0.39 is 0 Å². The molecule has 1 atom stereocenters. The van der Waals surface area contributed by atoms with E-state index in [4.69, 9.17) is 16.6 Å². The molecule has 3 aliphatic rings. The number of dihydropyridines is 1. The highest BCUT2D eigenvalue weighted by molar-refractivity contribution is 6.40. The van der Waals surface area contributed by atoms with Gasteiger partial charge in [-0.05, 0) is 41.5 Å². The standard InChI is InChI=1S/C30H28ClN5O/c1-3-26-28(24-14-23(31)16-32-29(24)35(26)2)30(37)33-15-19-9-11-25-21(13-19)10-12-27(34-25)36-17-22(18-36)20-7-5-4-6-8-20/h4-14,16,22,24H,3,15,17-18H2,1-2H3/p+1. The summed E-state index contributed by atoms with van der Waals surface area (Å²) in [7, 11) is 1.96. The fourth-order valence-electron chi connectivity index (χ4n) is 5.52. The van der Waals surface area contributed by atoms with Gasteiger partial charge in [-0.1, -0.05) is 59.9 Å². The van der Waals surface area contributed by atoms with E-state index >= 15 is 0 Å². The zero-order chi connectivity index (χ0) is 25.5. The lowest BCUT2D eigenvalue weighted by molar-refractivity contribution is -0.444. The summed E-state index contributed by atoms with van der Waals surface area (Å²) in [6.07, 6.45) is 4.28. The summed E-state index contributed by atoms with van der Waals surface area (Å²) in [5, 5.41) is 4.74. The average molecular weight is 511 g/mol. The second kappa shape index (κ2) is 9.60. The number of rotatable bonds is 6. The van der Waals surface area contributed by atoms with E-state index in [0.717, 1.165) is 58.9 Å². The summed E-state index contributed by atoms with van der Waals surface area (Å²) in [5.74, 6) is 2.13. The molecule has 3 aromatic rings. The van der Waals surface area contributed by atoms with Gasteiger partial charge in [0, 0.05) is 37.4 Å². The molecule has 6 nitrogen and oxygen atoms in total. The molecule has 1 fully saturated rings. The van der Waals surface area contributed by atoms with Gasteiger partial charge in [-0.2, -0.15) is 0 Å². The van der Waals surface area contributed by atoms with Crippen molar-refractivity contribution in [2.24, 2.45) is 10.9 Å². The number of hydrogen-bond donors (Lipinski definition) is 1. The lowest BCUT2D eigenvalue weighted by Gasteiger charge is -2.40. The van der Waals surface area contributed by atoms with Crippen LogP contribution in [0.1, 0.15) is 30.4 Å². The van der Waals surface area contributed by atoms with Crippen LogP contribution in [0.15, 0.2) is 88.0 Å². The lowest BCUT2D eigenvalue weighted by Crippen LogP contribution is -2.45. The minimum atomic E-state index is -0.209. The number of pyridine rings is 1. The molecular formula is C30H29ClN5O+. The predicted molar refractivity (Wildman–Crippen MR) is 149 cm³/mol. The van der Waals surface area contributed by atoms with Crippen molar-refractivity contribution < 1.29 is 9.37 Å². The van der Waals surface area contributed by atoms with E-state index in [9.17, 15) is 4.79 Å². The molecule has 0 saturated carbocycles. The Bertz CT molecular complexity index is 1520. The van der Waals surface area contributed by atoms with Crippen molar-refractivity contribution in [2.75, 3.05) is 25.0 Å². The predicted octanol–water partition coefficient (Wildman–Crippen LogP) is 5.00. The maximum Gasteiger partial charge on any atom is 0.310 e. The summed E-state index contributed by atoms with van der Waals surface area (Å²) < 4.78 is 2.01. The topological polar surface area (TPSA) is 60.6 Å². The fourth-order valence-corrected chi connectivity index (χ4v) is 5.70. The van der Waals surface area contributed by atoms with Gasteiger partial charge in [0.05, 0.1) is 23.2 Å². The molecule has 6 rings (SSSR count). The Morgan fingerprint density at radius 1 is 1.14 bits per heavy atom. The molecule has 1 amide bonds. The number of fused-ring (bicyclic) bond motifs is 2. The summed E-state index contributed by atoms with van der Waals surface area (Å²) in [4.78, 5) is 25.0. The van der Waals surface area contributed by atoms with Gasteiger partial charge >= 0.3 is 5.84 Å². The molecule has 37 heavy (non-hydrogen) atoms. The Kier molecular flexibility index (Phi) is 6.13. The van der Waals surface area contributed by atoms with Gasteiger partial charge in [0.25, 0.3) is 5.91 Å². The highest BCUT2D eigenvalue weighted by Crippen LogP contribution is 2.33. The first-order valence-electron chi connectivity index (χ1n) is 12.7. The normalized spacial score (nSPS) is 19.3. The molecule has 7 heteroatoms. The first-order valence-corrected chi connectivity index (χ1v) is 13.1. The largest absolute Gasteiger partial charge is 0.355 e. The van der Waals surface area contributed by atoms with Crippen molar-refractivity contribution in [1.82, 2.24) is 10.3 Å². The molecule has 0 radical (unpaired) electrons. The van der Waals surface area contributed by atoms with Crippen molar-refractivity contribution in [1.29, 1.82) is 0 Å². The van der Waals surface area contributed by atoms with Gasteiger partial charge in [0.15, 0.2) is 6.21 Å². The van der Waals surface area contributed by atoms with Crippen LogP contribution < -0.4 is 10.2 Å². The van der Waals surface area contributed by atoms with Crippen LogP contribution in [-0.2, 0) is 11.3 Å². The lowest BCUT2D eigenvalue weighted by atomic mass is 9.91. The third-order valence-electron chi connectivity index (χ3n) is 7.54. The number of aromatic nitrogens is 1. The maximum absolute atomic E-state index is 13.3. The number of carbonyl (C=O) groups is 1.